The summed E-state index contributed by atoms with van der Waals surface area (Å²) in [6.07, 6.45) is -1.44. The molecule has 8 heteroatoms. The van der Waals surface area contributed by atoms with E-state index in [0.717, 1.165) is 24.3 Å². The van der Waals surface area contributed by atoms with Crippen LogP contribution in [0.4, 0.5) is 4.39 Å². The van der Waals surface area contributed by atoms with E-state index < -0.39 is 48.4 Å². The van der Waals surface area contributed by atoms with Gasteiger partial charge >= 0.3 is 0 Å². The largest absolute Gasteiger partial charge is 0.391 e. The molecule has 0 radical (unpaired) electrons. The standard InChI is InChI=1S/C10H11FO5S2/c11-7-1-3-8(4-2-7)18(15,16)10-6-17(13,14)5-9(10)12/h1-4,9-10,12H,5-6H2. The third-order valence-electron chi connectivity index (χ3n) is 2.81. The average Bonchev–Trinajstić information content (AvgIpc) is 2.53. The first-order valence-electron chi connectivity index (χ1n) is 5.10. The summed E-state index contributed by atoms with van der Waals surface area (Å²) in [6, 6.07) is 4.07. The summed E-state index contributed by atoms with van der Waals surface area (Å²) in [4.78, 5) is -0.190. The third kappa shape index (κ3) is 2.40. The number of sulfone groups is 2. The SMILES string of the molecule is O=S1(=O)CC(O)C(S(=O)(=O)c2ccc(F)cc2)C1. The molecular formula is C10H11FO5S2. The van der Waals surface area contributed by atoms with Crippen molar-refractivity contribution in [2.75, 3.05) is 11.5 Å². The summed E-state index contributed by atoms with van der Waals surface area (Å²) >= 11 is 0. The fourth-order valence-corrected chi connectivity index (χ4v) is 6.34. The van der Waals surface area contributed by atoms with E-state index in [1.54, 1.807) is 0 Å². The molecule has 0 saturated carbocycles. The zero-order valence-corrected chi connectivity index (χ0v) is 10.8. The summed E-state index contributed by atoms with van der Waals surface area (Å²) in [5.74, 6) is -1.75. The van der Waals surface area contributed by atoms with E-state index in [2.05, 4.69) is 0 Å². The lowest BCUT2D eigenvalue weighted by molar-refractivity contribution is 0.204. The normalized spacial score (nSPS) is 27.2. The first-order chi connectivity index (χ1) is 8.22. The Morgan fingerprint density at radius 3 is 2.17 bits per heavy atom. The molecule has 0 aliphatic carbocycles. The Kier molecular flexibility index (Phi) is 3.20. The first kappa shape index (κ1) is 13.4. The van der Waals surface area contributed by atoms with Gasteiger partial charge < -0.3 is 5.11 Å². The molecule has 18 heavy (non-hydrogen) atoms. The molecule has 1 heterocycles. The van der Waals surface area contributed by atoms with Gasteiger partial charge in [0.25, 0.3) is 0 Å². The Hall–Kier alpha value is -0.990. The van der Waals surface area contributed by atoms with Gasteiger partial charge in [-0.25, -0.2) is 21.2 Å². The molecule has 0 amide bonds. The van der Waals surface area contributed by atoms with Gasteiger partial charge in [-0.05, 0) is 24.3 Å². The highest BCUT2D eigenvalue weighted by molar-refractivity contribution is 7.96. The molecule has 0 spiro atoms. The van der Waals surface area contributed by atoms with Crippen molar-refractivity contribution in [1.29, 1.82) is 0 Å². The van der Waals surface area contributed by atoms with E-state index in [-0.39, 0.29) is 4.90 Å². The van der Waals surface area contributed by atoms with Gasteiger partial charge in [0.15, 0.2) is 19.7 Å². The lowest BCUT2D eigenvalue weighted by Crippen LogP contribution is -2.32. The molecule has 1 aliphatic rings. The molecule has 1 saturated heterocycles. The van der Waals surface area contributed by atoms with Crippen LogP contribution in [0.1, 0.15) is 0 Å². The molecule has 2 atom stereocenters. The zero-order chi connectivity index (χ0) is 13.6. The molecule has 1 aromatic rings. The third-order valence-corrected chi connectivity index (χ3v) is 6.95. The smallest absolute Gasteiger partial charge is 0.184 e. The molecule has 1 aliphatic heterocycles. The second kappa shape index (κ2) is 4.29. The monoisotopic (exact) mass is 294 g/mol. The van der Waals surface area contributed by atoms with Gasteiger partial charge in [0.1, 0.15) is 11.1 Å². The van der Waals surface area contributed by atoms with Crippen molar-refractivity contribution in [2.24, 2.45) is 0 Å². The quantitative estimate of drug-likeness (QED) is 0.760. The summed E-state index contributed by atoms with van der Waals surface area (Å²) in [5.41, 5.74) is 0. The minimum Gasteiger partial charge on any atom is -0.391 e. The fourth-order valence-electron chi connectivity index (χ4n) is 1.89. The average molecular weight is 294 g/mol. The number of hydrogen-bond donors (Lipinski definition) is 1. The Morgan fingerprint density at radius 1 is 1.17 bits per heavy atom. The second-order valence-electron chi connectivity index (χ2n) is 4.18. The van der Waals surface area contributed by atoms with Crippen molar-refractivity contribution >= 4 is 19.7 Å². The van der Waals surface area contributed by atoms with Gasteiger partial charge in [-0.1, -0.05) is 0 Å². The molecule has 5 nitrogen and oxygen atoms in total. The van der Waals surface area contributed by atoms with Crippen LogP contribution in [-0.4, -0.2) is 44.8 Å². The minimum absolute atomic E-state index is 0.190. The summed E-state index contributed by atoms with van der Waals surface area (Å²) in [7, 11) is -7.52. The van der Waals surface area contributed by atoms with Crippen LogP contribution in [0.2, 0.25) is 0 Å². The van der Waals surface area contributed by atoms with Crippen LogP contribution in [0.15, 0.2) is 29.2 Å². The fraction of sp³-hybridized carbons (Fsp3) is 0.400. The van der Waals surface area contributed by atoms with Crippen molar-refractivity contribution in [1.82, 2.24) is 0 Å². The topological polar surface area (TPSA) is 88.5 Å². The van der Waals surface area contributed by atoms with Crippen LogP contribution in [0.3, 0.4) is 0 Å². The number of aliphatic hydroxyl groups excluding tert-OH is 1. The molecule has 0 aromatic heterocycles. The minimum atomic E-state index is -3.97. The number of rotatable bonds is 2. The Balaban J connectivity index is 2.41. The molecular weight excluding hydrogens is 283 g/mol. The van der Waals surface area contributed by atoms with Crippen LogP contribution in [-0.2, 0) is 19.7 Å². The highest BCUT2D eigenvalue weighted by Crippen LogP contribution is 2.25. The Bertz CT molecular complexity index is 648. The molecule has 100 valence electrons. The summed E-state index contributed by atoms with van der Waals surface area (Å²) < 4.78 is 59.5. The van der Waals surface area contributed by atoms with Crippen molar-refractivity contribution in [3.63, 3.8) is 0 Å². The first-order valence-corrected chi connectivity index (χ1v) is 8.47. The molecule has 1 N–H and O–H groups in total. The number of halogens is 1. The molecule has 1 aromatic carbocycles. The Labute approximate surface area is 104 Å². The maximum Gasteiger partial charge on any atom is 0.184 e. The molecule has 0 bridgehead atoms. The molecule has 2 unspecified atom stereocenters. The van der Waals surface area contributed by atoms with E-state index in [4.69, 9.17) is 0 Å². The highest BCUT2D eigenvalue weighted by atomic mass is 32.2. The summed E-state index contributed by atoms with van der Waals surface area (Å²) in [6.45, 7) is 0. The van der Waals surface area contributed by atoms with E-state index in [1.165, 1.54) is 0 Å². The van der Waals surface area contributed by atoms with Crippen molar-refractivity contribution < 1.29 is 26.3 Å². The van der Waals surface area contributed by atoms with Gasteiger partial charge in [-0.3, -0.25) is 0 Å². The zero-order valence-electron chi connectivity index (χ0n) is 9.15. The van der Waals surface area contributed by atoms with Gasteiger partial charge in [0.05, 0.1) is 22.5 Å². The number of aliphatic hydroxyl groups is 1. The van der Waals surface area contributed by atoms with Crippen LogP contribution < -0.4 is 0 Å². The Morgan fingerprint density at radius 2 is 1.72 bits per heavy atom. The molecule has 1 fully saturated rings. The summed E-state index contributed by atoms with van der Waals surface area (Å²) in [5, 5.41) is 8.16. The lowest BCUT2D eigenvalue weighted by Gasteiger charge is -2.13. The highest BCUT2D eigenvalue weighted by Gasteiger charge is 2.44. The van der Waals surface area contributed by atoms with E-state index in [9.17, 15) is 26.3 Å². The number of hydrogen-bond acceptors (Lipinski definition) is 5. The van der Waals surface area contributed by atoms with Crippen LogP contribution in [0.25, 0.3) is 0 Å². The van der Waals surface area contributed by atoms with E-state index in [0.29, 0.717) is 0 Å². The van der Waals surface area contributed by atoms with Crippen LogP contribution in [0, 0.1) is 5.82 Å². The van der Waals surface area contributed by atoms with Crippen molar-refractivity contribution in [3.8, 4) is 0 Å². The van der Waals surface area contributed by atoms with E-state index >= 15 is 0 Å². The van der Waals surface area contributed by atoms with Crippen LogP contribution >= 0.6 is 0 Å². The number of benzene rings is 1. The molecule has 2 rings (SSSR count). The maximum atomic E-state index is 12.7. The van der Waals surface area contributed by atoms with Gasteiger partial charge in [-0.2, -0.15) is 0 Å². The van der Waals surface area contributed by atoms with Gasteiger partial charge in [-0.15, -0.1) is 0 Å². The lowest BCUT2D eigenvalue weighted by atomic mass is 10.3. The van der Waals surface area contributed by atoms with Crippen molar-refractivity contribution in [3.05, 3.63) is 30.1 Å². The van der Waals surface area contributed by atoms with Crippen LogP contribution in [0.5, 0.6) is 0 Å². The van der Waals surface area contributed by atoms with E-state index in [1.807, 2.05) is 0 Å². The predicted octanol–water partition coefficient (Wildman–Crippen LogP) is -0.243. The van der Waals surface area contributed by atoms with Crippen molar-refractivity contribution in [2.45, 2.75) is 16.2 Å². The van der Waals surface area contributed by atoms with Gasteiger partial charge in [0.2, 0.25) is 0 Å². The van der Waals surface area contributed by atoms with Gasteiger partial charge in [0, 0.05) is 0 Å². The maximum absolute atomic E-state index is 12.7. The second-order valence-corrected chi connectivity index (χ2v) is 8.50. The predicted molar refractivity (Wildman–Crippen MR) is 62.0 cm³/mol.